The highest BCUT2D eigenvalue weighted by atomic mass is 79.9. The number of benzene rings is 3. The molecule has 3 aromatic carbocycles. The largest absolute Gasteiger partial charge is 0.496 e. The van der Waals surface area contributed by atoms with E-state index in [0.717, 1.165) is 15.6 Å². The summed E-state index contributed by atoms with van der Waals surface area (Å²) in [4.78, 5) is 33.0. The number of thiazole rings is 1. The number of ether oxygens (including phenoxy) is 4. The molecule has 0 aliphatic carbocycles. The van der Waals surface area contributed by atoms with Crippen molar-refractivity contribution in [1.29, 1.82) is 0 Å². The van der Waals surface area contributed by atoms with Crippen molar-refractivity contribution in [3.8, 4) is 17.2 Å². The number of rotatable bonds is 6. The van der Waals surface area contributed by atoms with Crippen LogP contribution in [0, 0.1) is 0 Å². The second kappa shape index (κ2) is 10.8. The molecule has 4 aromatic rings. The first-order valence-corrected chi connectivity index (χ1v) is 14.1. The average Bonchev–Trinajstić information content (AvgIpc) is 3.56. The van der Waals surface area contributed by atoms with Gasteiger partial charge in [0.1, 0.15) is 5.75 Å². The van der Waals surface area contributed by atoms with Crippen LogP contribution in [0.25, 0.3) is 11.8 Å². The van der Waals surface area contributed by atoms with Gasteiger partial charge in [-0.05, 0) is 64.3 Å². The molecule has 3 heterocycles. The van der Waals surface area contributed by atoms with Crippen LogP contribution < -0.4 is 29.1 Å². The molecular formula is C30H23BrN2O6S. The Bertz CT molecular complexity index is 1840. The summed E-state index contributed by atoms with van der Waals surface area (Å²) in [7, 11) is 1.60. The molecule has 0 saturated carbocycles. The monoisotopic (exact) mass is 618 g/mol. The third-order valence-corrected chi connectivity index (χ3v) is 8.16. The summed E-state index contributed by atoms with van der Waals surface area (Å²) in [6.45, 7) is 2.03. The molecule has 10 heteroatoms. The first-order valence-electron chi connectivity index (χ1n) is 12.5. The van der Waals surface area contributed by atoms with E-state index < -0.39 is 12.0 Å². The lowest BCUT2D eigenvalue weighted by Crippen LogP contribution is -2.40. The van der Waals surface area contributed by atoms with Crippen LogP contribution in [0.1, 0.15) is 29.7 Å². The van der Waals surface area contributed by atoms with Crippen molar-refractivity contribution < 1.29 is 23.7 Å². The molecule has 202 valence electrons. The van der Waals surface area contributed by atoms with E-state index in [9.17, 15) is 9.59 Å². The number of halogens is 1. The Morgan fingerprint density at radius 1 is 1.12 bits per heavy atom. The lowest BCUT2D eigenvalue weighted by atomic mass is 9.93. The molecule has 0 saturated heterocycles. The molecule has 0 bridgehead atoms. The fraction of sp³-hybridized carbons (Fsp3) is 0.167. The number of nitrogens with zero attached hydrogens (tertiary/aromatic N) is 2. The Labute approximate surface area is 241 Å². The Kier molecular flexibility index (Phi) is 7.03. The fourth-order valence-corrected chi connectivity index (χ4v) is 6.32. The molecule has 1 aromatic heterocycles. The second-order valence-corrected chi connectivity index (χ2v) is 10.8. The molecule has 8 nitrogen and oxygen atoms in total. The number of esters is 1. The van der Waals surface area contributed by atoms with E-state index in [-0.39, 0.29) is 24.5 Å². The molecule has 6 rings (SSSR count). The number of methoxy groups -OCH3 is 1. The van der Waals surface area contributed by atoms with Crippen LogP contribution in [0.5, 0.6) is 17.2 Å². The van der Waals surface area contributed by atoms with E-state index in [0.29, 0.717) is 37.8 Å². The van der Waals surface area contributed by atoms with E-state index in [1.807, 2.05) is 54.6 Å². The van der Waals surface area contributed by atoms with E-state index in [1.165, 1.54) is 11.3 Å². The maximum absolute atomic E-state index is 14.0. The lowest BCUT2D eigenvalue weighted by molar-refractivity contribution is -0.138. The summed E-state index contributed by atoms with van der Waals surface area (Å²) >= 11 is 4.77. The fourth-order valence-electron chi connectivity index (χ4n) is 4.76. The Hall–Kier alpha value is -4.15. The van der Waals surface area contributed by atoms with Crippen LogP contribution in [0.15, 0.2) is 86.6 Å². The smallest absolute Gasteiger partial charge is 0.338 e. The van der Waals surface area contributed by atoms with Crippen LogP contribution in [0.2, 0.25) is 0 Å². The zero-order valence-electron chi connectivity index (χ0n) is 21.5. The predicted molar refractivity (Wildman–Crippen MR) is 154 cm³/mol. The van der Waals surface area contributed by atoms with Crippen molar-refractivity contribution in [3.05, 3.63) is 113 Å². The van der Waals surface area contributed by atoms with Crippen molar-refractivity contribution in [2.45, 2.75) is 13.0 Å². The molecule has 0 amide bonds. The number of carbonyl (C=O) groups is 1. The highest BCUT2D eigenvalue weighted by Crippen LogP contribution is 2.40. The molecular weight excluding hydrogens is 596 g/mol. The van der Waals surface area contributed by atoms with Gasteiger partial charge in [0.25, 0.3) is 5.56 Å². The summed E-state index contributed by atoms with van der Waals surface area (Å²) in [5, 5.41) is 0. The van der Waals surface area contributed by atoms with Crippen LogP contribution in [-0.2, 0) is 9.53 Å². The highest BCUT2D eigenvalue weighted by Gasteiger charge is 2.36. The highest BCUT2D eigenvalue weighted by molar-refractivity contribution is 9.10. The van der Waals surface area contributed by atoms with E-state index in [2.05, 4.69) is 15.9 Å². The second-order valence-electron chi connectivity index (χ2n) is 8.94. The van der Waals surface area contributed by atoms with Crippen molar-refractivity contribution in [2.24, 2.45) is 4.99 Å². The molecule has 40 heavy (non-hydrogen) atoms. The quantitative estimate of drug-likeness (QED) is 0.297. The van der Waals surface area contributed by atoms with Gasteiger partial charge in [0.2, 0.25) is 6.79 Å². The third kappa shape index (κ3) is 4.63. The van der Waals surface area contributed by atoms with Crippen molar-refractivity contribution in [3.63, 3.8) is 0 Å². The van der Waals surface area contributed by atoms with Crippen molar-refractivity contribution >= 4 is 45.0 Å². The van der Waals surface area contributed by atoms with Gasteiger partial charge in [-0.3, -0.25) is 9.36 Å². The number of aromatic nitrogens is 1. The molecule has 0 N–H and O–H groups in total. The Morgan fingerprint density at radius 2 is 1.93 bits per heavy atom. The normalized spacial score (nSPS) is 16.0. The maximum atomic E-state index is 14.0. The first-order chi connectivity index (χ1) is 19.5. The van der Waals surface area contributed by atoms with E-state index in [1.54, 1.807) is 36.8 Å². The van der Waals surface area contributed by atoms with Crippen LogP contribution >= 0.6 is 27.3 Å². The van der Waals surface area contributed by atoms with Gasteiger partial charge in [-0.15, -0.1) is 0 Å². The maximum Gasteiger partial charge on any atom is 0.338 e. The number of hydrogen-bond acceptors (Lipinski definition) is 8. The molecule has 0 unspecified atom stereocenters. The summed E-state index contributed by atoms with van der Waals surface area (Å²) < 4.78 is 24.8. The summed E-state index contributed by atoms with van der Waals surface area (Å²) in [5.74, 6) is 1.30. The summed E-state index contributed by atoms with van der Waals surface area (Å²) in [5.41, 5.74) is 2.70. The van der Waals surface area contributed by atoms with Crippen LogP contribution in [0.3, 0.4) is 0 Å². The first kappa shape index (κ1) is 26.1. The zero-order chi connectivity index (χ0) is 27.8. The number of fused-ring (bicyclic) bond motifs is 2. The Morgan fingerprint density at radius 3 is 2.67 bits per heavy atom. The molecule has 2 aliphatic heterocycles. The van der Waals surface area contributed by atoms with Crippen molar-refractivity contribution in [2.75, 3.05) is 20.5 Å². The van der Waals surface area contributed by atoms with Crippen LogP contribution in [0.4, 0.5) is 0 Å². The van der Waals surface area contributed by atoms with Gasteiger partial charge in [-0.25, -0.2) is 9.79 Å². The van der Waals surface area contributed by atoms with Gasteiger partial charge in [0.15, 0.2) is 16.3 Å². The predicted octanol–water partition coefficient (Wildman–Crippen LogP) is 4.44. The zero-order valence-corrected chi connectivity index (χ0v) is 24.0. The minimum absolute atomic E-state index is 0.106. The average molecular weight is 619 g/mol. The molecule has 2 aliphatic rings. The minimum Gasteiger partial charge on any atom is -0.496 e. The van der Waals surface area contributed by atoms with E-state index >= 15 is 0 Å². The van der Waals surface area contributed by atoms with Crippen molar-refractivity contribution in [1.82, 2.24) is 4.57 Å². The molecule has 0 radical (unpaired) electrons. The SMILES string of the molecule is CCOC(=O)C1=C(c2ccccc2)N=c2sc(=Cc3ccc(OC)c(Br)c3)c(=O)n2[C@H]1c1ccc2c(c1)OCO2. The van der Waals surface area contributed by atoms with Gasteiger partial charge < -0.3 is 18.9 Å². The number of carbonyl (C=O) groups excluding carboxylic acids is 1. The summed E-state index contributed by atoms with van der Waals surface area (Å²) in [6, 6.07) is 19.6. The summed E-state index contributed by atoms with van der Waals surface area (Å²) in [6.07, 6.45) is 1.81. The molecule has 1 atom stereocenters. The van der Waals surface area contributed by atoms with E-state index in [4.69, 9.17) is 23.9 Å². The van der Waals surface area contributed by atoms with Gasteiger partial charge in [0, 0.05) is 5.56 Å². The van der Waals surface area contributed by atoms with Gasteiger partial charge in [-0.2, -0.15) is 0 Å². The van der Waals surface area contributed by atoms with Gasteiger partial charge in [-0.1, -0.05) is 53.8 Å². The number of hydrogen-bond donors (Lipinski definition) is 0. The molecule has 0 fully saturated rings. The van der Waals surface area contributed by atoms with Gasteiger partial charge >= 0.3 is 5.97 Å². The minimum atomic E-state index is -0.801. The Balaban J connectivity index is 1.62. The van der Waals surface area contributed by atoms with Crippen LogP contribution in [-0.4, -0.2) is 31.0 Å². The standard InChI is InChI=1S/C30H23BrN2O6S/c1-3-37-29(35)25-26(18-7-5-4-6-8-18)32-30-33(27(25)19-10-12-22-23(15-19)39-16-38-22)28(34)24(40-30)14-17-9-11-21(36-2)20(31)13-17/h4-15,27H,3,16H2,1-2H3/t27-/m0/s1. The molecule has 0 spiro atoms. The topological polar surface area (TPSA) is 88.4 Å². The van der Waals surface area contributed by atoms with Gasteiger partial charge in [0.05, 0.1) is 40.0 Å². The lowest BCUT2D eigenvalue weighted by Gasteiger charge is -2.26. The third-order valence-electron chi connectivity index (χ3n) is 6.56.